The van der Waals surface area contributed by atoms with Crippen LogP contribution in [0.25, 0.3) is 11.0 Å². The zero-order valence-electron chi connectivity index (χ0n) is 12.2. The number of carboxylic acid groups (broad SMARTS) is 1. The summed E-state index contributed by atoms with van der Waals surface area (Å²) in [7, 11) is 0. The summed E-state index contributed by atoms with van der Waals surface area (Å²) < 4.78 is 10.5. The van der Waals surface area contributed by atoms with Crippen molar-refractivity contribution in [3.63, 3.8) is 0 Å². The van der Waals surface area contributed by atoms with Gasteiger partial charge in [0, 0.05) is 24.1 Å². The summed E-state index contributed by atoms with van der Waals surface area (Å²) in [6.45, 7) is 0.165. The number of likely N-dealkylation sites (tertiary alicyclic amines) is 1. The highest BCUT2D eigenvalue weighted by atomic mass is 16.5. The fourth-order valence-corrected chi connectivity index (χ4v) is 2.68. The van der Waals surface area contributed by atoms with Crippen LogP contribution in [0.2, 0.25) is 0 Å². The summed E-state index contributed by atoms with van der Waals surface area (Å²) in [6, 6.07) is 7.09. The standard InChI is InChI=1S/C16H15NO6/c18-14(17-7-1-2-12(17)16(20)21)9-22-11-5-3-10-4-6-15(19)23-13(10)8-11/h3-6,8,12H,1-2,7,9H2,(H,20,21)/t12-/m0/s1. The maximum atomic E-state index is 12.1. The number of carbonyl (C=O) groups is 2. The number of carbonyl (C=O) groups excluding carboxylic acids is 1. The second-order valence-corrected chi connectivity index (χ2v) is 5.33. The molecule has 1 aromatic heterocycles. The van der Waals surface area contributed by atoms with Gasteiger partial charge in [-0.3, -0.25) is 4.79 Å². The number of amides is 1. The van der Waals surface area contributed by atoms with Crippen molar-refractivity contribution >= 4 is 22.8 Å². The molecule has 120 valence electrons. The topological polar surface area (TPSA) is 97.0 Å². The highest BCUT2D eigenvalue weighted by Gasteiger charge is 2.33. The first-order valence-electron chi connectivity index (χ1n) is 7.23. The van der Waals surface area contributed by atoms with Gasteiger partial charge in [-0.05, 0) is 31.0 Å². The monoisotopic (exact) mass is 317 g/mol. The first-order chi connectivity index (χ1) is 11.0. The molecule has 0 spiro atoms. The van der Waals surface area contributed by atoms with Crippen LogP contribution < -0.4 is 10.4 Å². The van der Waals surface area contributed by atoms with Crippen LogP contribution in [0.3, 0.4) is 0 Å². The second kappa shape index (κ2) is 6.12. The summed E-state index contributed by atoms with van der Waals surface area (Å²) >= 11 is 0. The minimum Gasteiger partial charge on any atom is -0.484 e. The van der Waals surface area contributed by atoms with E-state index in [-0.39, 0.29) is 12.5 Å². The highest BCUT2D eigenvalue weighted by Crippen LogP contribution is 2.21. The first-order valence-corrected chi connectivity index (χ1v) is 7.23. The predicted molar refractivity (Wildman–Crippen MR) is 80.3 cm³/mol. The molecule has 1 fully saturated rings. The fraction of sp³-hybridized carbons (Fsp3) is 0.312. The molecule has 0 bridgehead atoms. The number of ether oxygens (including phenoxy) is 1. The van der Waals surface area contributed by atoms with Crippen molar-refractivity contribution in [1.29, 1.82) is 0 Å². The van der Waals surface area contributed by atoms with E-state index in [9.17, 15) is 14.4 Å². The maximum Gasteiger partial charge on any atom is 0.336 e. The van der Waals surface area contributed by atoms with Crippen LogP contribution in [0.5, 0.6) is 5.75 Å². The average Bonchev–Trinajstić information content (AvgIpc) is 3.02. The summed E-state index contributed by atoms with van der Waals surface area (Å²) in [6.07, 6.45) is 1.13. The predicted octanol–water partition coefficient (Wildman–Crippen LogP) is 1.25. The van der Waals surface area contributed by atoms with Crippen LogP contribution in [0.4, 0.5) is 0 Å². The molecule has 1 aliphatic heterocycles. The largest absolute Gasteiger partial charge is 0.484 e. The summed E-state index contributed by atoms with van der Waals surface area (Å²) in [5, 5.41) is 9.83. The lowest BCUT2D eigenvalue weighted by Crippen LogP contribution is -2.42. The van der Waals surface area contributed by atoms with Gasteiger partial charge in [0.1, 0.15) is 17.4 Å². The number of rotatable bonds is 4. The number of hydrogen-bond acceptors (Lipinski definition) is 5. The molecule has 1 saturated heterocycles. The van der Waals surface area contributed by atoms with Crippen LogP contribution in [0, 0.1) is 0 Å². The molecule has 1 amide bonds. The molecule has 1 aromatic carbocycles. The van der Waals surface area contributed by atoms with E-state index < -0.39 is 17.6 Å². The number of nitrogens with zero attached hydrogens (tertiary/aromatic N) is 1. The summed E-state index contributed by atoms with van der Waals surface area (Å²) in [5.74, 6) is -0.987. The molecule has 0 aliphatic carbocycles. The lowest BCUT2D eigenvalue weighted by atomic mass is 10.2. The van der Waals surface area contributed by atoms with Gasteiger partial charge < -0.3 is 19.2 Å². The fourth-order valence-electron chi connectivity index (χ4n) is 2.68. The van der Waals surface area contributed by atoms with Crippen LogP contribution in [0.1, 0.15) is 12.8 Å². The van der Waals surface area contributed by atoms with Crippen LogP contribution in [-0.2, 0) is 9.59 Å². The normalized spacial score (nSPS) is 17.4. The Morgan fingerprint density at radius 1 is 1.30 bits per heavy atom. The van der Waals surface area contributed by atoms with E-state index in [1.54, 1.807) is 18.2 Å². The summed E-state index contributed by atoms with van der Waals surface area (Å²) in [4.78, 5) is 35.7. The Morgan fingerprint density at radius 2 is 2.09 bits per heavy atom. The molecule has 2 aromatic rings. The number of fused-ring (bicyclic) bond motifs is 1. The number of benzene rings is 1. The van der Waals surface area contributed by atoms with Gasteiger partial charge in [-0.2, -0.15) is 0 Å². The molecule has 0 radical (unpaired) electrons. The van der Waals surface area contributed by atoms with E-state index in [0.717, 1.165) is 5.39 Å². The molecular formula is C16H15NO6. The zero-order valence-corrected chi connectivity index (χ0v) is 12.2. The van der Waals surface area contributed by atoms with Crippen molar-refractivity contribution < 1.29 is 23.8 Å². The minimum absolute atomic E-state index is 0.258. The van der Waals surface area contributed by atoms with Gasteiger partial charge in [-0.1, -0.05) is 0 Å². The Hall–Kier alpha value is -2.83. The van der Waals surface area contributed by atoms with Crippen molar-refractivity contribution in [3.05, 3.63) is 40.8 Å². The van der Waals surface area contributed by atoms with Crippen molar-refractivity contribution in [2.45, 2.75) is 18.9 Å². The zero-order chi connectivity index (χ0) is 16.4. The number of carboxylic acids is 1. The third-order valence-corrected chi connectivity index (χ3v) is 3.82. The Morgan fingerprint density at radius 3 is 2.87 bits per heavy atom. The Balaban J connectivity index is 1.69. The number of aliphatic carboxylic acids is 1. The van der Waals surface area contributed by atoms with Gasteiger partial charge in [0.05, 0.1) is 0 Å². The Bertz CT molecular complexity index is 812. The summed E-state index contributed by atoms with van der Waals surface area (Å²) in [5.41, 5.74) is -0.0980. The van der Waals surface area contributed by atoms with Gasteiger partial charge in [-0.15, -0.1) is 0 Å². The Labute approximate surface area is 131 Å². The van der Waals surface area contributed by atoms with Gasteiger partial charge in [0.25, 0.3) is 5.91 Å². The molecule has 2 heterocycles. The van der Waals surface area contributed by atoms with E-state index in [1.807, 2.05) is 0 Å². The van der Waals surface area contributed by atoms with Crippen molar-refractivity contribution in [1.82, 2.24) is 4.90 Å². The van der Waals surface area contributed by atoms with E-state index in [2.05, 4.69) is 0 Å². The third kappa shape index (κ3) is 3.18. The van der Waals surface area contributed by atoms with Gasteiger partial charge >= 0.3 is 11.6 Å². The smallest absolute Gasteiger partial charge is 0.336 e. The lowest BCUT2D eigenvalue weighted by Gasteiger charge is -2.21. The third-order valence-electron chi connectivity index (χ3n) is 3.82. The van der Waals surface area contributed by atoms with Crippen molar-refractivity contribution in [3.8, 4) is 5.75 Å². The minimum atomic E-state index is -0.997. The molecule has 7 heteroatoms. The van der Waals surface area contributed by atoms with Crippen LogP contribution in [0.15, 0.2) is 39.5 Å². The molecule has 1 atom stereocenters. The molecule has 3 rings (SSSR count). The van der Waals surface area contributed by atoms with Crippen LogP contribution >= 0.6 is 0 Å². The quantitative estimate of drug-likeness (QED) is 0.852. The average molecular weight is 317 g/mol. The van der Waals surface area contributed by atoms with E-state index >= 15 is 0 Å². The molecule has 7 nitrogen and oxygen atoms in total. The van der Waals surface area contributed by atoms with Crippen molar-refractivity contribution in [2.24, 2.45) is 0 Å². The molecule has 23 heavy (non-hydrogen) atoms. The maximum absolute atomic E-state index is 12.1. The van der Waals surface area contributed by atoms with Crippen molar-refractivity contribution in [2.75, 3.05) is 13.2 Å². The Kier molecular flexibility index (Phi) is 4.01. The van der Waals surface area contributed by atoms with Crippen LogP contribution in [-0.4, -0.2) is 41.1 Å². The van der Waals surface area contributed by atoms with E-state index in [4.69, 9.17) is 14.3 Å². The molecule has 1 N–H and O–H groups in total. The van der Waals surface area contributed by atoms with Gasteiger partial charge in [0.15, 0.2) is 6.61 Å². The number of hydrogen-bond donors (Lipinski definition) is 1. The molecule has 0 unspecified atom stereocenters. The molecular weight excluding hydrogens is 302 g/mol. The van der Waals surface area contributed by atoms with E-state index in [1.165, 1.54) is 17.0 Å². The SMILES string of the molecule is O=C(O)[C@@H]1CCCN1C(=O)COc1ccc2ccc(=O)oc2c1. The second-order valence-electron chi connectivity index (χ2n) is 5.33. The first kappa shape index (κ1) is 15.1. The lowest BCUT2D eigenvalue weighted by molar-refractivity contribution is -0.148. The van der Waals surface area contributed by atoms with E-state index in [0.29, 0.717) is 30.7 Å². The molecule has 1 aliphatic rings. The van der Waals surface area contributed by atoms with Gasteiger partial charge in [-0.25, -0.2) is 9.59 Å². The highest BCUT2D eigenvalue weighted by molar-refractivity contribution is 5.85. The van der Waals surface area contributed by atoms with Gasteiger partial charge in [0.2, 0.25) is 0 Å². The molecule has 0 saturated carbocycles.